The number of methoxy groups -OCH3 is 2. The monoisotopic (exact) mass is 589 g/mol. The molecule has 1 amide bonds. The SMILES string of the molecule is COc1ccc(C(=O)Nc2cc3ccc(OC4OC(C)(C)C(OC)C(O)C4O)c(C)c3oc2=O)cc1-c1ccccc1C. The van der Waals surface area contributed by atoms with Crippen LogP contribution in [0.1, 0.15) is 35.3 Å². The maximum atomic E-state index is 13.2. The number of aliphatic hydroxyl groups is 2. The highest BCUT2D eigenvalue weighted by Crippen LogP contribution is 2.36. The van der Waals surface area contributed by atoms with Crippen LogP contribution >= 0.6 is 0 Å². The van der Waals surface area contributed by atoms with Crippen LogP contribution in [0.5, 0.6) is 11.5 Å². The molecule has 1 aliphatic rings. The molecule has 1 saturated heterocycles. The Kier molecular flexibility index (Phi) is 8.31. The van der Waals surface area contributed by atoms with Crippen LogP contribution in [0.15, 0.2) is 69.9 Å². The average Bonchev–Trinajstić information content (AvgIpc) is 2.98. The molecule has 10 heteroatoms. The van der Waals surface area contributed by atoms with Crippen molar-refractivity contribution in [2.24, 2.45) is 0 Å². The Morgan fingerprint density at radius 2 is 1.65 bits per heavy atom. The maximum absolute atomic E-state index is 13.2. The van der Waals surface area contributed by atoms with E-state index in [9.17, 15) is 19.8 Å². The molecule has 5 rings (SSSR count). The fourth-order valence-corrected chi connectivity index (χ4v) is 5.48. The molecule has 226 valence electrons. The molecule has 4 atom stereocenters. The average molecular weight is 590 g/mol. The van der Waals surface area contributed by atoms with E-state index < -0.39 is 41.7 Å². The third-order valence-corrected chi connectivity index (χ3v) is 7.79. The van der Waals surface area contributed by atoms with Crippen LogP contribution in [-0.2, 0) is 9.47 Å². The summed E-state index contributed by atoms with van der Waals surface area (Å²) in [7, 11) is 3.00. The quantitative estimate of drug-likeness (QED) is 0.265. The largest absolute Gasteiger partial charge is 0.496 e. The van der Waals surface area contributed by atoms with Gasteiger partial charge in [-0.2, -0.15) is 0 Å². The highest BCUT2D eigenvalue weighted by Gasteiger charge is 2.50. The van der Waals surface area contributed by atoms with E-state index in [1.807, 2.05) is 31.2 Å². The van der Waals surface area contributed by atoms with E-state index in [1.165, 1.54) is 13.2 Å². The van der Waals surface area contributed by atoms with Crippen molar-refractivity contribution in [3.05, 3.63) is 87.8 Å². The van der Waals surface area contributed by atoms with Crippen LogP contribution in [-0.4, -0.2) is 60.5 Å². The minimum absolute atomic E-state index is 0.0275. The minimum Gasteiger partial charge on any atom is -0.496 e. The first-order valence-corrected chi connectivity index (χ1v) is 13.8. The van der Waals surface area contributed by atoms with Crippen molar-refractivity contribution < 1.29 is 38.4 Å². The molecule has 0 saturated carbocycles. The van der Waals surface area contributed by atoms with Gasteiger partial charge in [-0.25, -0.2) is 4.79 Å². The Bertz CT molecular complexity index is 1730. The molecule has 0 bridgehead atoms. The molecule has 43 heavy (non-hydrogen) atoms. The molecule has 3 aromatic carbocycles. The Labute approximate surface area is 248 Å². The van der Waals surface area contributed by atoms with Gasteiger partial charge in [0.2, 0.25) is 6.29 Å². The zero-order chi connectivity index (χ0) is 31.1. The number of amides is 1. The molecule has 1 aromatic heterocycles. The smallest absolute Gasteiger partial charge is 0.360 e. The van der Waals surface area contributed by atoms with E-state index in [4.69, 9.17) is 23.4 Å². The first kappa shape index (κ1) is 30.2. The number of nitrogens with one attached hydrogen (secondary N) is 1. The van der Waals surface area contributed by atoms with Crippen molar-refractivity contribution >= 4 is 22.6 Å². The lowest BCUT2D eigenvalue weighted by molar-refractivity contribution is -0.306. The molecular formula is C33H35NO9. The molecule has 1 fully saturated rings. The summed E-state index contributed by atoms with van der Waals surface area (Å²) in [4.78, 5) is 26.2. The van der Waals surface area contributed by atoms with Crippen molar-refractivity contribution in [1.82, 2.24) is 0 Å². The predicted octanol–water partition coefficient (Wildman–Crippen LogP) is 4.59. The summed E-state index contributed by atoms with van der Waals surface area (Å²) in [6.07, 6.45) is -4.60. The van der Waals surface area contributed by atoms with Gasteiger partial charge in [-0.15, -0.1) is 0 Å². The van der Waals surface area contributed by atoms with Gasteiger partial charge in [0.05, 0.1) is 12.7 Å². The molecule has 10 nitrogen and oxygen atoms in total. The normalized spacial score (nSPS) is 21.4. The van der Waals surface area contributed by atoms with Crippen LogP contribution in [0.3, 0.4) is 0 Å². The van der Waals surface area contributed by atoms with Crippen LogP contribution < -0.4 is 20.4 Å². The fraction of sp³-hybridized carbons (Fsp3) is 0.333. The van der Waals surface area contributed by atoms with E-state index in [2.05, 4.69) is 5.32 Å². The number of aliphatic hydroxyl groups excluding tert-OH is 2. The second kappa shape index (κ2) is 11.8. The summed E-state index contributed by atoms with van der Waals surface area (Å²) in [5, 5.41) is 24.4. The van der Waals surface area contributed by atoms with E-state index in [0.29, 0.717) is 22.3 Å². The minimum atomic E-state index is -1.39. The molecular weight excluding hydrogens is 554 g/mol. The van der Waals surface area contributed by atoms with Gasteiger partial charge in [-0.1, -0.05) is 24.3 Å². The summed E-state index contributed by atoms with van der Waals surface area (Å²) in [5.41, 5.74) is 2.03. The number of benzene rings is 3. The number of fused-ring (bicyclic) bond motifs is 1. The van der Waals surface area contributed by atoms with Gasteiger partial charge >= 0.3 is 5.63 Å². The first-order chi connectivity index (χ1) is 20.4. The Hall–Kier alpha value is -4.22. The molecule has 3 N–H and O–H groups in total. The molecule has 2 heterocycles. The van der Waals surface area contributed by atoms with E-state index in [1.54, 1.807) is 58.2 Å². The molecule has 0 aliphatic carbocycles. The fourth-order valence-electron chi connectivity index (χ4n) is 5.48. The maximum Gasteiger partial charge on any atom is 0.360 e. The number of anilines is 1. The topological polar surface area (TPSA) is 137 Å². The predicted molar refractivity (Wildman–Crippen MR) is 161 cm³/mol. The number of rotatable bonds is 7. The van der Waals surface area contributed by atoms with Crippen LogP contribution in [0, 0.1) is 13.8 Å². The number of hydrogen-bond acceptors (Lipinski definition) is 9. The third-order valence-electron chi connectivity index (χ3n) is 7.79. The molecule has 0 spiro atoms. The molecule has 4 aromatic rings. The summed E-state index contributed by atoms with van der Waals surface area (Å²) in [6.45, 7) is 7.12. The lowest BCUT2D eigenvalue weighted by atomic mass is 9.89. The van der Waals surface area contributed by atoms with Gasteiger partial charge < -0.3 is 38.9 Å². The van der Waals surface area contributed by atoms with Crippen molar-refractivity contribution in [3.8, 4) is 22.6 Å². The number of ether oxygens (including phenoxy) is 4. The molecule has 0 radical (unpaired) electrons. The third kappa shape index (κ3) is 5.74. The van der Waals surface area contributed by atoms with Crippen molar-refractivity contribution in [3.63, 3.8) is 0 Å². The number of carbonyl (C=O) groups is 1. The van der Waals surface area contributed by atoms with Gasteiger partial charge in [0.1, 0.15) is 41.1 Å². The van der Waals surface area contributed by atoms with Crippen molar-refractivity contribution in [1.29, 1.82) is 0 Å². The zero-order valence-corrected chi connectivity index (χ0v) is 24.8. The number of carbonyl (C=O) groups excluding carboxylic acids is 1. The van der Waals surface area contributed by atoms with Crippen molar-refractivity contribution in [2.45, 2.75) is 57.9 Å². The highest BCUT2D eigenvalue weighted by atomic mass is 16.7. The second-order valence-corrected chi connectivity index (χ2v) is 11.1. The first-order valence-electron chi connectivity index (χ1n) is 13.8. The van der Waals surface area contributed by atoms with Crippen molar-refractivity contribution in [2.75, 3.05) is 19.5 Å². The Morgan fingerprint density at radius 1 is 0.930 bits per heavy atom. The van der Waals surface area contributed by atoms with Gasteiger partial charge in [0, 0.05) is 29.2 Å². The van der Waals surface area contributed by atoms with E-state index in [-0.39, 0.29) is 17.0 Å². The van der Waals surface area contributed by atoms with E-state index in [0.717, 1.165) is 16.7 Å². The van der Waals surface area contributed by atoms with Gasteiger partial charge in [-0.3, -0.25) is 4.79 Å². The second-order valence-electron chi connectivity index (χ2n) is 11.1. The Balaban J connectivity index is 1.40. The summed E-state index contributed by atoms with van der Waals surface area (Å²) in [6, 6.07) is 17.7. The van der Waals surface area contributed by atoms with Crippen LogP contribution in [0.4, 0.5) is 5.69 Å². The van der Waals surface area contributed by atoms with Gasteiger partial charge in [0.15, 0.2) is 0 Å². The van der Waals surface area contributed by atoms with Gasteiger partial charge in [-0.05, 0) is 75.2 Å². The highest BCUT2D eigenvalue weighted by molar-refractivity contribution is 6.06. The van der Waals surface area contributed by atoms with E-state index >= 15 is 0 Å². The summed E-state index contributed by atoms with van der Waals surface area (Å²) in [5.74, 6) is 0.421. The number of aryl methyl sites for hydroxylation is 2. The standard InChI is InChI=1S/C33H35NO9/c1-17-9-7-8-10-21(17)22-15-20(12-14-25(22)39-5)30(37)34-23-16-19-11-13-24(18(2)28(19)42-31(23)38)41-32-27(36)26(35)29(40-6)33(3,4)43-32/h7-16,26-27,29,32,35-36H,1-6H3,(H,34,37). The molecule has 4 unspecified atom stereocenters. The molecule has 1 aliphatic heterocycles. The Morgan fingerprint density at radius 3 is 2.35 bits per heavy atom. The zero-order valence-electron chi connectivity index (χ0n) is 24.8. The summed E-state index contributed by atoms with van der Waals surface area (Å²) < 4.78 is 28.3. The van der Waals surface area contributed by atoms with Crippen LogP contribution in [0.25, 0.3) is 22.1 Å². The van der Waals surface area contributed by atoms with Gasteiger partial charge in [0.25, 0.3) is 5.91 Å². The summed E-state index contributed by atoms with van der Waals surface area (Å²) >= 11 is 0. The number of hydrogen-bond donors (Lipinski definition) is 3. The lowest BCUT2D eigenvalue weighted by Gasteiger charge is -2.46. The lowest BCUT2D eigenvalue weighted by Crippen LogP contribution is -2.63. The van der Waals surface area contributed by atoms with Crippen LogP contribution in [0.2, 0.25) is 0 Å².